The molecule has 74 heavy (non-hydrogen) atoms. The Labute approximate surface area is 433 Å². The number of pyridine rings is 2. The number of aromatic nitrogens is 4. The molecule has 2 fully saturated rings. The summed E-state index contributed by atoms with van der Waals surface area (Å²) in [6.45, 7) is 9.67. The number of benzene rings is 2. The van der Waals surface area contributed by atoms with Gasteiger partial charge in [0.1, 0.15) is 16.8 Å². The molecule has 0 spiro atoms. The molecule has 17 nitrogen and oxygen atoms in total. The quantitative estimate of drug-likeness (QED) is 0.0486. The van der Waals surface area contributed by atoms with Crippen LogP contribution in [0.1, 0.15) is 128 Å². The number of aromatic amines is 2. The number of para-hydroxylation sites is 2. The molecular weight excluding hydrogens is 941 g/mol. The number of aliphatic carboxylic acids is 2. The third-order valence-corrected chi connectivity index (χ3v) is 13.9. The SMILES string of the molecule is CC(=O)N[C@@](C)(Cc1c[nH]c2ccccc12)C(=O)NCC1(c2ccccn2)CCCCC1.CC(=O)O.CC(=O)O.COc1ccc(C2(CNC(=O)[C@](C)(Cc3c[nH]c4ccccc34)NC(C)=O)CCCCC2)nc1. The monoisotopic (exact) mass is 1010 g/mol. The molecule has 4 aromatic heterocycles. The first-order valence-electron chi connectivity index (χ1n) is 25.3. The lowest BCUT2D eigenvalue weighted by molar-refractivity contribution is -0.135. The Bertz CT molecular complexity index is 2790. The molecule has 2 aliphatic carbocycles. The van der Waals surface area contributed by atoms with E-state index in [2.05, 4.69) is 47.3 Å². The number of amides is 4. The lowest BCUT2D eigenvalue weighted by Gasteiger charge is -2.38. The van der Waals surface area contributed by atoms with Gasteiger partial charge in [-0.2, -0.15) is 0 Å². The topological polar surface area (TPSA) is 258 Å². The number of nitrogens with one attached hydrogen (secondary N) is 6. The summed E-state index contributed by atoms with van der Waals surface area (Å²) in [5.74, 6) is -1.76. The van der Waals surface area contributed by atoms with Crippen molar-refractivity contribution in [2.24, 2.45) is 0 Å². The van der Waals surface area contributed by atoms with Crippen molar-refractivity contribution in [2.45, 2.75) is 141 Å². The smallest absolute Gasteiger partial charge is 0.300 e. The lowest BCUT2D eigenvalue weighted by Crippen LogP contribution is -2.59. The first-order chi connectivity index (χ1) is 35.2. The average molecular weight is 1020 g/mol. The Morgan fingerprint density at radius 3 is 1.35 bits per heavy atom. The van der Waals surface area contributed by atoms with Gasteiger partial charge in [-0.15, -0.1) is 0 Å². The fourth-order valence-electron chi connectivity index (χ4n) is 10.3. The molecule has 2 saturated carbocycles. The van der Waals surface area contributed by atoms with Crippen molar-refractivity contribution in [3.05, 3.63) is 126 Å². The maximum absolute atomic E-state index is 13.6. The van der Waals surface area contributed by atoms with Crippen LogP contribution in [0.4, 0.5) is 0 Å². The molecule has 2 aliphatic rings. The predicted octanol–water partition coefficient (Wildman–Crippen LogP) is 8.23. The fraction of sp³-hybridized carbons (Fsp3) is 0.439. The van der Waals surface area contributed by atoms with Gasteiger partial charge in [-0.05, 0) is 87.1 Å². The van der Waals surface area contributed by atoms with E-state index < -0.39 is 23.0 Å². The molecule has 4 heterocycles. The molecule has 8 rings (SSSR count). The summed E-state index contributed by atoms with van der Waals surface area (Å²) < 4.78 is 5.27. The number of carbonyl (C=O) groups excluding carboxylic acids is 4. The maximum Gasteiger partial charge on any atom is 0.300 e. The van der Waals surface area contributed by atoms with E-state index in [1.54, 1.807) is 27.2 Å². The van der Waals surface area contributed by atoms with Crippen molar-refractivity contribution in [3.8, 4) is 5.75 Å². The van der Waals surface area contributed by atoms with Gasteiger partial charge in [-0.3, -0.25) is 38.7 Å². The summed E-state index contributed by atoms with van der Waals surface area (Å²) in [5, 5.41) is 29.2. The molecule has 17 heteroatoms. The first-order valence-corrected chi connectivity index (χ1v) is 25.3. The normalized spacial score (nSPS) is 16.0. The van der Waals surface area contributed by atoms with Crippen molar-refractivity contribution >= 4 is 57.4 Å². The molecule has 2 aromatic carbocycles. The predicted molar refractivity (Wildman–Crippen MR) is 286 cm³/mol. The van der Waals surface area contributed by atoms with E-state index in [1.807, 2.05) is 91.4 Å². The van der Waals surface area contributed by atoms with Gasteiger partial charge >= 0.3 is 0 Å². The van der Waals surface area contributed by atoms with Gasteiger partial charge in [0.25, 0.3) is 11.9 Å². The summed E-state index contributed by atoms with van der Waals surface area (Å²) in [7, 11) is 1.63. The van der Waals surface area contributed by atoms with Crippen LogP contribution in [0.3, 0.4) is 0 Å². The number of carbonyl (C=O) groups is 6. The zero-order valence-corrected chi connectivity index (χ0v) is 43.9. The Hall–Kier alpha value is -7.56. The Morgan fingerprint density at radius 1 is 0.581 bits per heavy atom. The minimum absolute atomic E-state index is 0.160. The number of rotatable bonds is 15. The number of carboxylic acid groups (broad SMARTS) is 2. The highest BCUT2D eigenvalue weighted by Gasteiger charge is 2.41. The van der Waals surface area contributed by atoms with E-state index in [-0.39, 0.29) is 34.5 Å². The summed E-state index contributed by atoms with van der Waals surface area (Å²) in [4.78, 5) is 85.1. The van der Waals surface area contributed by atoms with Crippen LogP contribution in [0.15, 0.2) is 104 Å². The molecule has 8 N–H and O–H groups in total. The zero-order valence-electron chi connectivity index (χ0n) is 43.9. The summed E-state index contributed by atoms with van der Waals surface area (Å²) in [6, 6.07) is 25.9. The standard InChI is InChI=1S/C27H34N4O3.C26H32N4O2.2C2H4O2/c1-19(32)31-26(2,15-20-16-28-23-10-6-5-9-22(20)23)25(33)30-18-27(13-7-4-8-14-27)24-12-11-21(34-3)17-29-24;1-19(31)30-25(2,16-20-17-28-22-11-5-4-10-21(20)22)24(32)29-18-26(13-7-3-8-14-26)23-12-6-9-15-27-23;2*1-2(3)4/h5-6,9-12,16-17,28H,4,7-8,13-15,18H2,1-3H3,(H,30,33)(H,31,32);4-6,9-12,15,17,28H,3,7-8,13-14,16,18H2,1-2H3,(H,29,32)(H,30,31);2*1H3,(H,3,4)/t26-;25-;;/m00../s1. The van der Waals surface area contributed by atoms with Crippen LogP contribution in [-0.2, 0) is 52.4 Å². The van der Waals surface area contributed by atoms with Crippen molar-refractivity contribution in [2.75, 3.05) is 20.2 Å². The van der Waals surface area contributed by atoms with E-state index in [4.69, 9.17) is 24.5 Å². The van der Waals surface area contributed by atoms with Crippen LogP contribution in [-0.4, -0.2) is 97.0 Å². The third kappa shape index (κ3) is 15.7. The lowest BCUT2D eigenvalue weighted by atomic mass is 9.71. The summed E-state index contributed by atoms with van der Waals surface area (Å²) in [6.07, 6.45) is 19.0. The number of H-pyrrole nitrogens is 2. The highest BCUT2D eigenvalue weighted by molar-refractivity contribution is 5.93. The molecule has 0 unspecified atom stereocenters. The number of fused-ring (bicyclic) bond motifs is 2. The van der Waals surface area contributed by atoms with Crippen molar-refractivity contribution < 1.29 is 43.7 Å². The molecule has 2 atom stereocenters. The van der Waals surface area contributed by atoms with Crippen LogP contribution in [0, 0.1) is 0 Å². The Kier molecular flexibility index (Phi) is 20.5. The average Bonchev–Trinajstić information content (AvgIpc) is 3.98. The number of methoxy groups -OCH3 is 1. The van der Waals surface area contributed by atoms with Gasteiger partial charge in [-0.1, -0.05) is 81.0 Å². The highest BCUT2D eigenvalue weighted by Crippen LogP contribution is 2.40. The van der Waals surface area contributed by atoms with E-state index in [1.165, 1.54) is 26.7 Å². The second kappa shape index (κ2) is 26.4. The third-order valence-electron chi connectivity index (χ3n) is 13.9. The maximum atomic E-state index is 13.6. The van der Waals surface area contributed by atoms with Crippen LogP contribution >= 0.6 is 0 Å². The van der Waals surface area contributed by atoms with Crippen LogP contribution in [0.2, 0.25) is 0 Å². The van der Waals surface area contributed by atoms with Crippen molar-refractivity contribution in [3.63, 3.8) is 0 Å². The van der Waals surface area contributed by atoms with Gasteiger partial charge in [0.05, 0.1) is 13.3 Å². The molecule has 4 amide bonds. The summed E-state index contributed by atoms with van der Waals surface area (Å²) in [5.41, 5.74) is 3.51. The van der Waals surface area contributed by atoms with E-state index in [9.17, 15) is 19.2 Å². The molecule has 0 aliphatic heterocycles. The van der Waals surface area contributed by atoms with Crippen LogP contribution in [0.5, 0.6) is 5.75 Å². The van der Waals surface area contributed by atoms with E-state index in [0.717, 1.165) is 115 Å². The van der Waals surface area contributed by atoms with Gasteiger partial charge in [0.15, 0.2) is 0 Å². The highest BCUT2D eigenvalue weighted by atomic mass is 16.5. The number of nitrogens with zero attached hydrogens (tertiary/aromatic N) is 2. The zero-order chi connectivity index (χ0) is 53.9. The van der Waals surface area contributed by atoms with Gasteiger partial charge < -0.3 is 46.2 Å². The molecular formula is C57H74N8O9. The summed E-state index contributed by atoms with van der Waals surface area (Å²) >= 11 is 0. The minimum Gasteiger partial charge on any atom is -0.495 e. The number of carboxylic acids is 2. The molecule has 6 aromatic rings. The van der Waals surface area contributed by atoms with Gasteiger partial charge in [-0.25, -0.2) is 0 Å². The van der Waals surface area contributed by atoms with Crippen molar-refractivity contribution in [1.29, 1.82) is 0 Å². The second-order valence-corrected chi connectivity index (χ2v) is 20.0. The van der Waals surface area contributed by atoms with Crippen LogP contribution in [0.25, 0.3) is 21.8 Å². The molecule has 0 radical (unpaired) electrons. The molecule has 0 saturated heterocycles. The minimum atomic E-state index is -1.08. The first kappa shape index (κ1) is 57.3. The Morgan fingerprint density at radius 2 is 0.986 bits per heavy atom. The van der Waals surface area contributed by atoms with E-state index >= 15 is 0 Å². The largest absolute Gasteiger partial charge is 0.495 e. The van der Waals surface area contributed by atoms with Crippen LogP contribution < -0.4 is 26.0 Å². The number of hydrogen-bond acceptors (Lipinski definition) is 9. The number of hydrogen-bond donors (Lipinski definition) is 8. The molecule has 0 bridgehead atoms. The molecule has 396 valence electrons. The second-order valence-electron chi connectivity index (χ2n) is 20.0. The van der Waals surface area contributed by atoms with E-state index in [0.29, 0.717) is 25.9 Å². The Balaban J connectivity index is 0.000000240. The number of ether oxygens (including phenoxy) is 1. The van der Waals surface area contributed by atoms with Gasteiger partial charge in [0, 0.05) is 116 Å². The van der Waals surface area contributed by atoms with Crippen molar-refractivity contribution in [1.82, 2.24) is 41.2 Å². The van der Waals surface area contributed by atoms with Gasteiger partial charge in [0.2, 0.25) is 23.6 Å². The fourth-order valence-corrected chi connectivity index (χ4v) is 10.3.